The van der Waals surface area contributed by atoms with Gasteiger partial charge in [0, 0.05) is 17.9 Å². The van der Waals surface area contributed by atoms with Crippen molar-refractivity contribution in [3.05, 3.63) is 0 Å². The van der Waals surface area contributed by atoms with Crippen molar-refractivity contribution in [2.45, 2.75) is 44.5 Å². The Kier molecular flexibility index (Phi) is 2.76. The number of fused-ring (bicyclic) bond motifs is 1. The van der Waals surface area contributed by atoms with Gasteiger partial charge in [-0.15, -0.1) is 0 Å². The van der Waals surface area contributed by atoms with Crippen LogP contribution in [-0.4, -0.2) is 34.5 Å². The largest absolute Gasteiger partial charge is 0.444 e. The lowest BCUT2D eigenvalue weighted by molar-refractivity contribution is 0.0184. The van der Waals surface area contributed by atoms with Gasteiger partial charge in [-0.1, -0.05) is 22.9 Å². The summed E-state index contributed by atoms with van der Waals surface area (Å²) in [5.41, 5.74) is 0.0215. The number of halogens is 1. The Bertz CT molecular complexity index is 313. The normalized spacial score (nSPS) is 37.9. The Morgan fingerprint density at radius 1 is 1.50 bits per heavy atom. The van der Waals surface area contributed by atoms with Gasteiger partial charge in [-0.25, -0.2) is 4.79 Å². The number of piperidine rings is 1. The van der Waals surface area contributed by atoms with Crippen LogP contribution in [-0.2, 0) is 4.74 Å². The first kappa shape index (κ1) is 12.2. The van der Waals surface area contributed by atoms with Gasteiger partial charge >= 0.3 is 6.09 Å². The molecular weight excluding hydrogens is 270 g/mol. The average Bonchev–Trinajstić information content (AvgIpc) is 2.66. The third kappa shape index (κ3) is 2.08. The van der Waals surface area contributed by atoms with E-state index in [1.54, 1.807) is 0 Å². The zero-order chi connectivity index (χ0) is 12.1. The summed E-state index contributed by atoms with van der Waals surface area (Å²) in [4.78, 5) is 14.3. The standard InChI is InChI=1S/C12H20BrNO2/c1-11(2,3)16-10(15)14-6-5-12(4)8(7-14)9(12)13/h8-9H,5-7H2,1-4H3. The van der Waals surface area contributed by atoms with E-state index in [1.807, 2.05) is 25.7 Å². The van der Waals surface area contributed by atoms with Crippen LogP contribution < -0.4 is 0 Å². The van der Waals surface area contributed by atoms with Crippen molar-refractivity contribution in [3.8, 4) is 0 Å². The van der Waals surface area contributed by atoms with E-state index in [0.29, 0.717) is 16.2 Å². The van der Waals surface area contributed by atoms with Crippen molar-refractivity contribution in [1.82, 2.24) is 4.90 Å². The van der Waals surface area contributed by atoms with Gasteiger partial charge in [-0.2, -0.15) is 0 Å². The van der Waals surface area contributed by atoms with Gasteiger partial charge in [0.1, 0.15) is 5.60 Å². The first-order valence-corrected chi connectivity index (χ1v) is 6.77. The molecule has 0 bridgehead atoms. The topological polar surface area (TPSA) is 29.5 Å². The Balaban J connectivity index is 1.91. The molecule has 4 heteroatoms. The number of nitrogens with zero attached hydrogens (tertiary/aromatic N) is 1. The van der Waals surface area contributed by atoms with Gasteiger partial charge in [0.15, 0.2) is 0 Å². The molecule has 1 saturated heterocycles. The summed E-state index contributed by atoms with van der Waals surface area (Å²) in [5.74, 6) is 0.605. The number of likely N-dealkylation sites (tertiary alicyclic amines) is 1. The summed E-state index contributed by atoms with van der Waals surface area (Å²) >= 11 is 3.69. The van der Waals surface area contributed by atoms with E-state index >= 15 is 0 Å². The maximum atomic E-state index is 11.9. The van der Waals surface area contributed by atoms with Gasteiger partial charge < -0.3 is 9.64 Å². The fraction of sp³-hybridized carbons (Fsp3) is 0.917. The Morgan fingerprint density at radius 3 is 2.62 bits per heavy atom. The van der Waals surface area contributed by atoms with Crippen molar-refractivity contribution < 1.29 is 9.53 Å². The molecule has 3 nitrogen and oxygen atoms in total. The molecule has 2 rings (SSSR count). The van der Waals surface area contributed by atoms with E-state index in [9.17, 15) is 4.79 Å². The molecule has 3 unspecified atom stereocenters. The van der Waals surface area contributed by atoms with Gasteiger partial charge in [-0.3, -0.25) is 0 Å². The molecule has 1 heterocycles. The highest BCUT2D eigenvalue weighted by atomic mass is 79.9. The second-order valence-electron chi connectivity index (χ2n) is 6.19. The van der Waals surface area contributed by atoms with Crippen LogP contribution in [0.2, 0.25) is 0 Å². The molecular formula is C12H20BrNO2. The van der Waals surface area contributed by atoms with Crippen LogP contribution in [0.3, 0.4) is 0 Å². The predicted octanol–water partition coefficient (Wildman–Crippen LogP) is 3.03. The van der Waals surface area contributed by atoms with Gasteiger partial charge in [-0.05, 0) is 38.5 Å². The monoisotopic (exact) mass is 289 g/mol. The SMILES string of the molecule is CC(C)(C)OC(=O)N1CCC2(C)C(Br)C2C1. The van der Waals surface area contributed by atoms with Crippen LogP contribution in [0.25, 0.3) is 0 Å². The molecule has 1 amide bonds. The van der Waals surface area contributed by atoms with Crippen LogP contribution >= 0.6 is 15.9 Å². The molecule has 92 valence electrons. The van der Waals surface area contributed by atoms with Crippen LogP contribution in [0.1, 0.15) is 34.1 Å². The van der Waals surface area contributed by atoms with Gasteiger partial charge in [0.25, 0.3) is 0 Å². The summed E-state index contributed by atoms with van der Waals surface area (Å²) in [6.45, 7) is 9.67. The Hall–Kier alpha value is -0.250. The predicted molar refractivity (Wildman–Crippen MR) is 66.7 cm³/mol. The average molecular weight is 290 g/mol. The van der Waals surface area contributed by atoms with Crippen LogP contribution in [0.5, 0.6) is 0 Å². The number of carbonyl (C=O) groups excluding carboxylic acids is 1. The molecule has 2 fully saturated rings. The number of carbonyl (C=O) groups is 1. The second-order valence-corrected chi connectivity index (χ2v) is 7.18. The molecule has 2 aliphatic rings. The maximum Gasteiger partial charge on any atom is 0.410 e. The molecule has 0 aromatic rings. The third-order valence-corrected chi connectivity index (χ3v) is 5.39. The van der Waals surface area contributed by atoms with E-state index in [-0.39, 0.29) is 6.09 Å². The summed E-state index contributed by atoms with van der Waals surface area (Å²) in [6.07, 6.45) is 0.911. The highest BCUT2D eigenvalue weighted by molar-refractivity contribution is 9.09. The minimum atomic E-state index is -0.394. The lowest BCUT2D eigenvalue weighted by Gasteiger charge is -2.31. The molecule has 1 aliphatic heterocycles. The molecule has 16 heavy (non-hydrogen) atoms. The van der Waals surface area contributed by atoms with E-state index in [4.69, 9.17) is 4.74 Å². The highest BCUT2D eigenvalue weighted by Crippen LogP contribution is 2.61. The molecule has 0 radical (unpaired) electrons. The number of amides is 1. The molecule has 0 aromatic heterocycles. The first-order valence-electron chi connectivity index (χ1n) is 5.86. The summed E-state index contributed by atoms with van der Waals surface area (Å²) in [6, 6.07) is 0. The molecule has 3 atom stereocenters. The van der Waals surface area contributed by atoms with Crippen molar-refractivity contribution in [2.24, 2.45) is 11.3 Å². The van der Waals surface area contributed by atoms with E-state index < -0.39 is 5.60 Å². The zero-order valence-electron chi connectivity index (χ0n) is 10.4. The Labute approximate surface area is 106 Å². The number of hydrogen-bond acceptors (Lipinski definition) is 2. The molecule has 0 N–H and O–H groups in total. The number of ether oxygens (including phenoxy) is 1. The smallest absolute Gasteiger partial charge is 0.410 e. The van der Waals surface area contributed by atoms with Crippen molar-refractivity contribution in [3.63, 3.8) is 0 Å². The fourth-order valence-corrected chi connectivity index (χ4v) is 3.61. The highest BCUT2D eigenvalue weighted by Gasteiger charge is 2.62. The van der Waals surface area contributed by atoms with Crippen molar-refractivity contribution in [1.29, 1.82) is 0 Å². The Morgan fingerprint density at radius 2 is 2.12 bits per heavy atom. The lowest BCUT2D eigenvalue weighted by atomic mass is 9.98. The number of rotatable bonds is 0. The van der Waals surface area contributed by atoms with Gasteiger partial charge in [0.05, 0.1) is 0 Å². The molecule has 1 saturated carbocycles. The maximum absolute atomic E-state index is 11.9. The number of hydrogen-bond donors (Lipinski definition) is 0. The lowest BCUT2D eigenvalue weighted by Crippen LogP contribution is -2.42. The molecule has 0 spiro atoms. The number of alkyl halides is 1. The van der Waals surface area contributed by atoms with Crippen molar-refractivity contribution >= 4 is 22.0 Å². The van der Waals surface area contributed by atoms with Crippen molar-refractivity contribution in [2.75, 3.05) is 13.1 Å². The third-order valence-electron chi connectivity index (χ3n) is 3.71. The fourth-order valence-electron chi connectivity index (χ4n) is 2.42. The van der Waals surface area contributed by atoms with E-state index in [1.165, 1.54) is 0 Å². The molecule has 0 aromatic carbocycles. The van der Waals surface area contributed by atoms with Crippen LogP contribution in [0.4, 0.5) is 4.79 Å². The quantitative estimate of drug-likeness (QED) is 0.642. The summed E-state index contributed by atoms with van der Waals surface area (Å²) < 4.78 is 5.38. The first-order chi connectivity index (χ1) is 7.24. The molecule has 1 aliphatic carbocycles. The van der Waals surface area contributed by atoms with Crippen LogP contribution in [0, 0.1) is 11.3 Å². The minimum Gasteiger partial charge on any atom is -0.444 e. The zero-order valence-corrected chi connectivity index (χ0v) is 12.0. The minimum absolute atomic E-state index is 0.166. The van der Waals surface area contributed by atoms with E-state index in [2.05, 4.69) is 22.9 Å². The van der Waals surface area contributed by atoms with E-state index in [0.717, 1.165) is 19.5 Å². The van der Waals surface area contributed by atoms with Crippen LogP contribution in [0.15, 0.2) is 0 Å². The van der Waals surface area contributed by atoms with Gasteiger partial charge in [0.2, 0.25) is 0 Å². The second kappa shape index (κ2) is 3.62. The summed E-state index contributed by atoms with van der Waals surface area (Å²) in [5, 5.41) is 0. The summed E-state index contributed by atoms with van der Waals surface area (Å²) in [7, 11) is 0.